The summed E-state index contributed by atoms with van der Waals surface area (Å²) in [5.74, 6) is -0.548. The second-order valence-corrected chi connectivity index (χ2v) is 11.4. The average Bonchev–Trinajstić information content (AvgIpc) is 3.37. The first-order valence-electron chi connectivity index (χ1n) is 12.2. The summed E-state index contributed by atoms with van der Waals surface area (Å²) in [7, 11) is -3.97. The zero-order valence-electron chi connectivity index (χ0n) is 20.6. The van der Waals surface area contributed by atoms with E-state index in [1.54, 1.807) is 11.1 Å². The van der Waals surface area contributed by atoms with E-state index in [1.807, 2.05) is 31.2 Å². The van der Waals surface area contributed by atoms with Crippen molar-refractivity contribution in [3.05, 3.63) is 113 Å². The predicted octanol–water partition coefficient (Wildman–Crippen LogP) is 5.72. The van der Waals surface area contributed by atoms with Crippen LogP contribution in [0.3, 0.4) is 0 Å². The Morgan fingerprint density at radius 2 is 1.81 bits per heavy atom. The minimum absolute atomic E-state index is 0.0242. The Bertz CT molecular complexity index is 1610. The van der Waals surface area contributed by atoms with Gasteiger partial charge in [-0.05, 0) is 78.1 Å². The maximum atomic E-state index is 13.9. The molecule has 0 bridgehead atoms. The molecule has 1 atom stereocenters. The number of carbonyl (C=O) groups is 1. The highest BCUT2D eigenvalue weighted by molar-refractivity contribution is 7.92. The minimum atomic E-state index is -3.97. The van der Waals surface area contributed by atoms with Crippen molar-refractivity contribution in [3.63, 3.8) is 0 Å². The monoisotopic (exact) mass is 512 g/mol. The highest BCUT2D eigenvalue weighted by Crippen LogP contribution is 2.33. The number of pyridine rings is 1. The molecule has 188 valence electrons. The van der Waals surface area contributed by atoms with Crippen molar-refractivity contribution in [2.75, 3.05) is 4.90 Å². The highest BCUT2D eigenvalue weighted by atomic mass is 32.2. The number of rotatable bonds is 8. The van der Waals surface area contributed by atoms with E-state index in [0.29, 0.717) is 12.4 Å². The number of carboxylic acids is 1. The Morgan fingerprint density at radius 1 is 1.08 bits per heavy atom. The molecule has 37 heavy (non-hydrogen) atoms. The summed E-state index contributed by atoms with van der Waals surface area (Å²) < 4.78 is 27.8. The van der Waals surface area contributed by atoms with E-state index in [1.165, 1.54) is 41.5 Å². The van der Waals surface area contributed by atoms with E-state index < -0.39 is 21.2 Å². The number of hydrogen-bond acceptors (Lipinski definition) is 5. The third-order valence-electron chi connectivity index (χ3n) is 7.07. The molecular formula is C30H28N2O4S. The second-order valence-electron chi connectivity index (χ2n) is 9.38. The first-order chi connectivity index (χ1) is 17.8. The third-order valence-corrected chi connectivity index (χ3v) is 9.08. The lowest BCUT2D eigenvalue weighted by Gasteiger charge is -2.32. The van der Waals surface area contributed by atoms with Crippen molar-refractivity contribution in [1.82, 2.24) is 4.98 Å². The van der Waals surface area contributed by atoms with Crippen molar-refractivity contribution < 1.29 is 18.3 Å². The minimum Gasteiger partial charge on any atom is -0.478 e. The SMILES string of the molecule is C=CC(N(Cc1ccc2c(c1)CCC2)c1ncc2ccccc2c1C)S(=O)(=O)c1ccc(C(=O)O)cc1. The fourth-order valence-corrected chi connectivity index (χ4v) is 6.70. The normalized spacial score (nSPS) is 13.8. The Hall–Kier alpha value is -3.97. The van der Waals surface area contributed by atoms with E-state index >= 15 is 0 Å². The highest BCUT2D eigenvalue weighted by Gasteiger charge is 2.33. The van der Waals surface area contributed by atoms with Gasteiger partial charge in [0.15, 0.2) is 5.37 Å². The molecule has 7 heteroatoms. The fourth-order valence-electron chi connectivity index (χ4n) is 5.14. The number of hydrogen-bond donors (Lipinski definition) is 1. The molecule has 0 saturated heterocycles. The molecule has 1 aromatic heterocycles. The molecule has 0 radical (unpaired) electrons. The second kappa shape index (κ2) is 9.82. The first kappa shape index (κ1) is 24.7. The first-order valence-corrected chi connectivity index (χ1v) is 13.8. The largest absolute Gasteiger partial charge is 0.478 e. The average molecular weight is 513 g/mol. The molecule has 6 nitrogen and oxygen atoms in total. The Morgan fingerprint density at radius 3 is 2.54 bits per heavy atom. The van der Waals surface area contributed by atoms with Crippen molar-refractivity contribution in [1.29, 1.82) is 0 Å². The molecule has 1 N–H and O–H groups in total. The van der Waals surface area contributed by atoms with E-state index in [0.717, 1.165) is 41.2 Å². The summed E-state index contributed by atoms with van der Waals surface area (Å²) in [5.41, 5.74) is 4.56. The van der Waals surface area contributed by atoms with Crippen molar-refractivity contribution in [2.45, 2.75) is 43.0 Å². The number of aromatic carboxylic acids is 1. The van der Waals surface area contributed by atoms with Crippen LogP contribution in [0.25, 0.3) is 10.8 Å². The van der Waals surface area contributed by atoms with Crippen LogP contribution in [0.4, 0.5) is 5.82 Å². The Balaban J connectivity index is 1.63. The Labute approximate surface area is 216 Å². The van der Waals surface area contributed by atoms with E-state index in [9.17, 15) is 18.3 Å². The molecule has 0 fully saturated rings. The summed E-state index contributed by atoms with van der Waals surface area (Å²) >= 11 is 0. The molecule has 1 aliphatic rings. The molecule has 1 heterocycles. The van der Waals surface area contributed by atoms with Gasteiger partial charge in [-0.3, -0.25) is 0 Å². The number of benzene rings is 3. The topological polar surface area (TPSA) is 87.6 Å². The summed E-state index contributed by atoms with van der Waals surface area (Å²) in [5, 5.41) is 10.1. The number of fused-ring (bicyclic) bond motifs is 2. The van der Waals surface area contributed by atoms with Crippen LogP contribution < -0.4 is 4.90 Å². The van der Waals surface area contributed by atoms with Gasteiger partial charge in [-0.1, -0.05) is 55.1 Å². The summed E-state index contributed by atoms with van der Waals surface area (Å²) in [4.78, 5) is 17.8. The van der Waals surface area contributed by atoms with Crippen LogP contribution in [0, 0.1) is 6.92 Å². The number of nitrogens with zero attached hydrogens (tertiary/aromatic N) is 2. The molecule has 0 spiro atoms. The number of anilines is 1. The molecule has 3 aromatic carbocycles. The molecule has 5 rings (SSSR count). The maximum Gasteiger partial charge on any atom is 0.335 e. The molecule has 0 aliphatic heterocycles. The van der Waals surface area contributed by atoms with Crippen LogP contribution in [0.1, 0.15) is 39.0 Å². The summed E-state index contributed by atoms with van der Waals surface area (Å²) in [6.07, 6.45) is 6.41. The molecule has 0 saturated carbocycles. The lowest BCUT2D eigenvalue weighted by Crippen LogP contribution is -2.40. The quantitative estimate of drug-likeness (QED) is 0.304. The van der Waals surface area contributed by atoms with Crippen molar-refractivity contribution in [3.8, 4) is 0 Å². The number of aryl methyl sites for hydroxylation is 3. The van der Waals surface area contributed by atoms with Crippen LogP contribution in [-0.2, 0) is 29.2 Å². The van der Waals surface area contributed by atoms with Crippen LogP contribution in [0.15, 0.2) is 90.5 Å². The molecular weight excluding hydrogens is 484 g/mol. The molecule has 1 aliphatic carbocycles. The van der Waals surface area contributed by atoms with E-state index in [2.05, 4.69) is 24.8 Å². The van der Waals surface area contributed by atoms with Crippen molar-refractivity contribution in [2.24, 2.45) is 0 Å². The van der Waals surface area contributed by atoms with Gasteiger partial charge in [0.2, 0.25) is 9.84 Å². The lowest BCUT2D eigenvalue weighted by atomic mass is 10.0. The van der Waals surface area contributed by atoms with Crippen LogP contribution in [-0.4, -0.2) is 29.9 Å². The van der Waals surface area contributed by atoms with Gasteiger partial charge >= 0.3 is 5.97 Å². The van der Waals surface area contributed by atoms with Gasteiger partial charge in [0.1, 0.15) is 5.82 Å². The number of aromatic nitrogens is 1. The van der Waals surface area contributed by atoms with E-state index in [4.69, 9.17) is 4.98 Å². The Kier molecular flexibility index (Phi) is 6.56. The zero-order valence-corrected chi connectivity index (χ0v) is 21.4. The zero-order chi connectivity index (χ0) is 26.2. The smallest absolute Gasteiger partial charge is 0.335 e. The van der Waals surface area contributed by atoms with Gasteiger partial charge in [0, 0.05) is 18.1 Å². The number of sulfone groups is 1. The van der Waals surface area contributed by atoms with Crippen LogP contribution in [0.5, 0.6) is 0 Å². The van der Waals surface area contributed by atoms with Crippen molar-refractivity contribution >= 4 is 32.4 Å². The fraction of sp³-hybridized carbons (Fsp3) is 0.200. The maximum absolute atomic E-state index is 13.9. The molecule has 0 amide bonds. The van der Waals surface area contributed by atoms with Gasteiger partial charge in [-0.2, -0.15) is 0 Å². The van der Waals surface area contributed by atoms with Gasteiger partial charge in [-0.25, -0.2) is 18.2 Å². The molecule has 4 aromatic rings. The van der Waals surface area contributed by atoms with Gasteiger partial charge in [0.05, 0.1) is 10.5 Å². The van der Waals surface area contributed by atoms with Gasteiger partial charge in [-0.15, -0.1) is 0 Å². The van der Waals surface area contributed by atoms with Crippen LogP contribution >= 0.6 is 0 Å². The standard InChI is InChI=1S/C30H28N2O4S/c1-3-28(37(35,36)26-15-13-23(14-16-26)30(33)34)32(19-21-11-12-22-8-6-9-24(22)17-21)29-20(2)27-10-5-4-7-25(27)18-31-29/h3-5,7,10-18,28H,1,6,8-9,19H2,2H3,(H,33,34). The van der Waals surface area contributed by atoms with Gasteiger partial charge in [0.25, 0.3) is 0 Å². The summed E-state index contributed by atoms with van der Waals surface area (Å²) in [6.45, 7) is 6.17. The third kappa shape index (κ3) is 4.62. The predicted molar refractivity (Wildman–Crippen MR) is 146 cm³/mol. The van der Waals surface area contributed by atoms with Gasteiger partial charge < -0.3 is 10.0 Å². The summed E-state index contributed by atoms with van der Waals surface area (Å²) in [6, 6.07) is 19.5. The lowest BCUT2D eigenvalue weighted by molar-refractivity contribution is 0.0696. The van der Waals surface area contributed by atoms with E-state index in [-0.39, 0.29) is 10.5 Å². The number of carboxylic acid groups (broad SMARTS) is 1. The van der Waals surface area contributed by atoms with Crippen LogP contribution in [0.2, 0.25) is 0 Å². The molecule has 1 unspecified atom stereocenters.